The van der Waals surface area contributed by atoms with E-state index in [0.717, 1.165) is 16.8 Å². The van der Waals surface area contributed by atoms with E-state index in [2.05, 4.69) is 71.9 Å². The van der Waals surface area contributed by atoms with Gasteiger partial charge in [0.2, 0.25) is 0 Å². The summed E-state index contributed by atoms with van der Waals surface area (Å²) in [6.45, 7) is 20.4. The third-order valence-corrected chi connectivity index (χ3v) is 6.00. The molecular formula is C29H40IrNO2-. The summed E-state index contributed by atoms with van der Waals surface area (Å²) in [5.41, 5.74) is 10.6. The molecule has 3 aromatic rings. The summed E-state index contributed by atoms with van der Waals surface area (Å²) in [5, 5.41) is 19.6. The molecule has 0 aliphatic heterocycles. The molecule has 2 aromatic carbocycles. The van der Waals surface area contributed by atoms with Crippen LogP contribution >= 0.6 is 0 Å². The first-order valence-electron chi connectivity index (χ1n) is 11.5. The summed E-state index contributed by atoms with van der Waals surface area (Å²) in [5.74, 6) is 0. The molecule has 33 heavy (non-hydrogen) atoms. The molecule has 0 amide bonds. The van der Waals surface area contributed by atoms with Gasteiger partial charge in [-0.05, 0) is 62.4 Å². The Kier molecular flexibility index (Phi) is 10.4. The van der Waals surface area contributed by atoms with Crippen LogP contribution in [0.25, 0.3) is 22.2 Å². The number of aryl methyl sites for hydroxylation is 5. The standard InChI is InChI=1S/C21H22N.C8H18O2.Ir/c1-12-7-14(3)17(6)19(9-12)21-16(5)11-18-15(4)8-13(2)10-20(18)22-21;1-6(9)5-7(10)8(2,3)4;/h7-8,10-11H,1-6H3;6-7,9-10H,5H2,1-4H3;/q-1;;. The first-order valence-corrected chi connectivity index (χ1v) is 11.5. The molecule has 4 heteroatoms. The van der Waals surface area contributed by atoms with Crippen molar-refractivity contribution in [3.63, 3.8) is 0 Å². The number of aliphatic hydroxyl groups excluding tert-OH is 2. The largest absolute Gasteiger partial charge is 0.393 e. The van der Waals surface area contributed by atoms with E-state index in [0.29, 0.717) is 6.42 Å². The van der Waals surface area contributed by atoms with Crippen LogP contribution in [0.2, 0.25) is 0 Å². The first kappa shape index (κ1) is 29.5. The SMILES string of the molecule is CC(O)CC(O)C(C)(C)C.Cc1[c-]c(-c2nc3cc(C)cc(C)c3cc2C)c(C)c(C)c1.[Ir]. The van der Waals surface area contributed by atoms with Gasteiger partial charge in [0.15, 0.2) is 0 Å². The van der Waals surface area contributed by atoms with Gasteiger partial charge in [-0.15, -0.1) is 34.4 Å². The molecule has 1 heterocycles. The van der Waals surface area contributed by atoms with Crippen molar-refractivity contribution >= 4 is 10.9 Å². The first-order chi connectivity index (χ1) is 14.7. The van der Waals surface area contributed by atoms with Crippen LogP contribution in [-0.2, 0) is 20.1 Å². The number of pyridine rings is 1. The predicted octanol–water partition coefficient (Wildman–Crippen LogP) is 6.71. The second-order valence-electron chi connectivity index (χ2n) is 10.4. The topological polar surface area (TPSA) is 53.4 Å². The molecule has 0 fully saturated rings. The molecule has 1 radical (unpaired) electrons. The van der Waals surface area contributed by atoms with Crippen molar-refractivity contribution in [3.05, 3.63) is 63.7 Å². The second kappa shape index (κ2) is 11.7. The van der Waals surface area contributed by atoms with Crippen molar-refractivity contribution in [3.8, 4) is 11.3 Å². The molecule has 0 spiro atoms. The number of fused-ring (bicyclic) bond motifs is 1. The van der Waals surface area contributed by atoms with E-state index in [1.54, 1.807) is 6.92 Å². The van der Waals surface area contributed by atoms with Crippen LogP contribution in [0.5, 0.6) is 0 Å². The van der Waals surface area contributed by atoms with Crippen molar-refractivity contribution in [2.75, 3.05) is 0 Å². The van der Waals surface area contributed by atoms with E-state index >= 15 is 0 Å². The average Bonchev–Trinajstić information content (AvgIpc) is 2.64. The normalized spacial score (nSPS) is 13.1. The molecular weight excluding hydrogens is 587 g/mol. The third-order valence-electron chi connectivity index (χ3n) is 6.00. The number of hydrogen-bond acceptors (Lipinski definition) is 3. The average molecular weight is 627 g/mol. The Morgan fingerprint density at radius 1 is 0.879 bits per heavy atom. The Labute approximate surface area is 214 Å². The van der Waals surface area contributed by atoms with Crippen LogP contribution in [0.15, 0.2) is 24.3 Å². The number of hydrogen-bond donors (Lipinski definition) is 2. The molecule has 3 rings (SSSR count). The van der Waals surface area contributed by atoms with Crippen LogP contribution in [0.3, 0.4) is 0 Å². The van der Waals surface area contributed by atoms with Crippen molar-refractivity contribution in [2.24, 2.45) is 5.41 Å². The minimum atomic E-state index is -0.410. The number of nitrogens with zero attached hydrogens (tertiary/aromatic N) is 1. The maximum atomic E-state index is 9.40. The van der Waals surface area contributed by atoms with Gasteiger partial charge in [0, 0.05) is 25.5 Å². The van der Waals surface area contributed by atoms with Gasteiger partial charge in [-0.2, -0.15) is 0 Å². The summed E-state index contributed by atoms with van der Waals surface area (Å²) in [7, 11) is 0. The van der Waals surface area contributed by atoms with E-state index in [4.69, 9.17) is 10.1 Å². The molecule has 0 bridgehead atoms. The Hall–Kier alpha value is -1.58. The van der Waals surface area contributed by atoms with Gasteiger partial charge in [-0.1, -0.05) is 59.2 Å². The van der Waals surface area contributed by atoms with Gasteiger partial charge >= 0.3 is 0 Å². The monoisotopic (exact) mass is 627 g/mol. The van der Waals surface area contributed by atoms with Gasteiger partial charge in [0.25, 0.3) is 0 Å². The van der Waals surface area contributed by atoms with Crippen LogP contribution < -0.4 is 0 Å². The zero-order valence-electron chi connectivity index (χ0n) is 21.8. The van der Waals surface area contributed by atoms with E-state index in [9.17, 15) is 5.11 Å². The molecule has 183 valence electrons. The Bertz CT molecular complexity index is 1100. The van der Waals surface area contributed by atoms with Gasteiger partial charge in [0.1, 0.15) is 0 Å². The minimum Gasteiger partial charge on any atom is -0.393 e. The molecule has 0 saturated carbocycles. The van der Waals surface area contributed by atoms with E-state index < -0.39 is 12.2 Å². The van der Waals surface area contributed by atoms with Gasteiger partial charge < -0.3 is 10.2 Å². The van der Waals surface area contributed by atoms with Gasteiger partial charge in [-0.3, -0.25) is 4.98 Å². The zero-order chi connectivity index (χ0) is 24.4. The zero-order valence-corrected chi connectivity index (χ0v) is 24.2. The van der Waals surface area contributed by atoms with Crippen molar-refractivity contribution in [1.29, 1.82) is 0 Å². The number of aliphatic hydroxyl groups is 2. The smallest absolute Gasteiger partial charge is 0.0613 e. The molecule has 0 saturated heterocycles. The number of aromatic nitrogens is 1. The van der Waals surface area contributed by atoms with Crippen LogP contribution in [0, 0.1) is 53.0 Å². The van der Waals surface area contributed by atoms with Crippen molar-refractivity contribution in [1.82, 2.24) is 4.98 Å². The van der Waals surface area contributed by atoms with Crippen LogP contribution in [0.4, 0.5) is 0 Å². The number of rotatable bonds is 3. The fourth-order valence-electron chi connectivity index (χ4n) is 3.85. The Morgan fingerprint density at radius 3 is 2.00 bits per heavy atom. The molecule has 0 aliphatic carbocycles. The van der Waals surface area contributed by atoms with E-state index in [1.807, 2.05) is 20.8 Å². The van der Waals surface area contributed by atoms with E-state index in [1.165, 1.54) is 38.8 Å². The van der Waals surface area contributed by atoms with Crippen LogP contribution in [-0.4, -0.2) is 27.4 Å². The summed E-state index contributed by atoms with van der Waals surface area (Å²) >= 11 is 0. The quantitative estimate of drug-likeness (QED) is 0.318. The number of benzene rings is 2. The fraction of sp³-hybridized carbons (Fsp3) is 0.483. The maximum absolute atomic E-state index is 9.40. The summed E-state index contributed by atoms with van der Waals surface area (Å²) in [6, 6.07) is 12.3. The maximum Gasteiger partial charge on any atom is 0.0613 e. The third kappa shape index (κ3) is 7.72. The fourth-order valence-corrected chi connectivity index (χ4v) is 3.85. The van der Waals surface area contributed by atoms with Gasteiger partial charge in [-0.25, -0.2) is 0 Å². The molecule has 2 atom stereocenters. The summed E-state index contributed by atoms with van der Waals surface area (Å²) in [6.07, 6.45) is -0.356. The van der Waals surface area contributed by atoms with Crippen molar-refractivity contribution < 1.29 is 30.3 Å². The Morgan fingerprint density at radius 2 is 1.48 bits per heavy atom. The molecule has 2 N–H and O–H groups in total. The van der Waals surface area contributed by atoms with Crippen molar-refractivity contribution in [2.45, 2.75) is 87.9 Å². The molecule has 3 nitrogen and oxygen atoms in total. The molecule has 0 aliphatic rings. The summed E-state index contributed by atoms with van der Waals surface area (Å²) < 4.78 is 0. The summed E-state index contributed by atoms with van der Waals surface area (Å²) in [4.78, 5) is 4.98. The molecule has 1 aromatic heterocycles. The Balaban J connectivity index is 0.000000425. The van der Waals surface area contributed by atoms with Crippen LogP contribution in [0.1, 0.15) is 67.5 Å². The predicted molar refractivity (Wildman–Crippen MR) is 136 cm³/mol. The van der Waals surface area contributed by atoms with Gasteiger partial charge in [0.05, 0.1) is 17.7 Å². The second-order valence-corrected chi connectivity index (χ2v) is 10.4. The van der Waals surface area contributed by atoms with E-state index in [-0.39, 0.29) is 25.5 Å². The minimum absolute atomic E-state index is 0. The molecule has 2 unspecified atom stereocenters.